The SMILES string of the molecule is C[C@H]1CN(C2COC2)CCN1c1ccccc1[N+](=O)[O-]. The molecule has 0 spiro atoms. The van der Waals surface area contributed by atoms with Gasteiger partial charge >= 0.3 is 0 Å². The quantitative estimate of drug-likeness (QED) is 0.619. The number of hydrogen-bond acceptors (Lipinski definition) is 5. The fourth-order valence-electron chi connectivity index (χ4n) is 2.97. The van der Waals surface area contributed by atoms with Crippen LogP contribution < -0.4 is 4.90 Å². The zero-order valence-electron chi connectivity index (χ0n) is 11.6. The lowest BCUT2D eigenvalue weighted by molar-refractivity contribution is -0.384. The number of rotatable bonds is 3. The number of anilines is 1. The summed E-state index contributed by atoms with van der Waals surface area (Å²) in [5, 5.41) is 11.2. The molecule has 0 N–H and O–H groups in total. The van der Waals surface area contributed by atoms with Gasteiger partial charge in [0, 0.05) is 31.7 Å². The van der Waals surface area contributed by atoms with Gasteiger partial charge < -0.3 is 9.64 Å². The largest absolute Gasteiger partial charge is 0.378 e. The van der Waals surface area contributed by atoms with E-state index in [9.17, 15) is 10.1 Å². The summed E-state index contributed by atoms with van der Waals surface area (Å²) in [6.07, 6.45) is 0. The van der Waals surface area contributed by atoms with Gasteiger partial charge in [-0.15, -0.1) is 0 Å². The Morgan fingerprint density at radius 2 is 2.05 bits per heavy atom. The molecule has 2 fully saturated rings. The molecule has 20 heavy (non-hydrogen) atoms. The number of ether oxygens (including phenoxy) is 1. The van der Waals surface area contributed by atoms with E-state index in [4.69, 9.17) is 4.74 Å². The molecule has 2 heterocycles. The predicted molar refractivity (Wildman–Crippen MR) is 76.1 cm³/mol. The van der Waals surface area contributed by atoms with Crippen molar-refractivity contribution in [1.82, 2.24) is 4.90 Å². The minimum Gasteiger partial charge on any atom is -0.378 e. The molecule has 1 atom stereocenters. The first kappa shape index (κ1) is 13.3. The van der Waals surface area contributed by atoms with E-state index in [1.54, 1.807) is 12.1 Å². The van der Waals surface area contributed by atoms with Gasteiger partial charge in [-0.2, -0.15) is 0 Å². The fourth-order valence-corrected chi connectivity index (χ4v) is 2.97. The molecule has 0 unspecified atom stereocenters. The highest BCUT2D eigenvalue weighted by molar-refractivity contribution is 5.63. The Morgan fingerprint density at radius 3 is 2.65 bits per heavy atom. The summed E-state index contributed by atoms with van der Waals surface area (Å²) in [5.41, 5.74) is 0.925. The first-order valence-corrected chi connectivity index (χ1v) is 6.98. The summed E-state index contributed by atoms with van der Waals surface area (Å²) in [4.78, 5) is 15.4. The van der Waals surface area contributed by atoms with Crippen molar-refractivity contribution in [1.29, 1.82) is 0 Å². The van der Waals surface area contributed by atoms with Crippen LogP contribution in [0.4, 0.5) is 11.4 Å². The highest BCUT2D eigenvalue weighted by Crippen LogP contribution is 2.31. The van der Waals surface area contributed by atoms with Crippen LogP contribution in [0.15, 0.2) is 24.3 Å². The standard InChI is InChI=1S/C14H19N3O3/c1-11-8-15(12-9-20-10-12)6-7-16(11)13-4-2-3-5-14(13)17(18)19/h2-5,11-12H,6-10H2,1H3/t11-/m0/s1. The molecule has 6 heteroatoms. The van der Waals surface area contributed by atoms with Gasteiger partial charge in [-0.25, -0.2) is 0 Å². The highest BCUT2D eigenvalue weighted by Gasteiger charge is 2.33. The van der Waals surface area contributed by atoms with Crippen LogP contribution in [0.2, 0.25) is 0 Å². The molecule has 0 amide bonds. The molecule has 2 aliphatic heterocycles. The maximum absolute atomic E-state index is 11.2. The second-order valence-corrected chi connectivity index (χ2v) is 5.47. The second kappa shape index (κ2) is 5.38. The fraction of sp³-hybridized carbons (Fsp3) is 0.571. The summed E-state index contributed by atoms with van der Waals surface area (Å²) in [6.45, 7) is 6.45. The van der Waals surface area contributed by atoms with Crippen LogP contribution in [0, 0.1) is 10.1 Å². The lowest BCUT2D eigenvalue weighted by Crippen LogP contribution is -2.59. The van der Waals surface area contributed by atoms with Crippen molar-refractivity contribution in [2.75, 3.05) is 37.7 Å². The first-order valence-electron chi connectivity index (χ1n) is 6.98. The van der Waals surface area contributed by atoms with Crippen molar-refractivity contribution in [3.63, 3.8) is 0 Å². The van der Waals surface area contributed by atoms with Gasteiger partial charge in [-0.1, -0.05) is 12.1 Å². The number of nitro groups is 1. The predicted octanol–water partition coefficient (Wildman–Crippen LogP) is 1.50. The maximum atomic E-state index is 11.2. The van der Waals surface area contributed by atoms with Gasteiger partial charge in [-0.05, 0) is 13.0 Å². The van der Waals surface area contributed by atoms with Crippen molar-refractivity contribution in [3.05, 3.63) is 34.4 Å². The monoisotopic (exact) mass is 277 g/mol. The van der Waals surface area contributed by atoms with E-state index in [1.165, 1.54) is 0 Å². The van der Waals surface area contributed by atoms with E-state index in [2.05, 4.69) is 16.7 Å². The molecule has 1 aromatic carbocycles. The van der Waals surface area contributed by atoms with Gasteiger partial charge in [0.2, 0.25) is 0 Å². The third-order valence-electron chi connectivity index (χ3n) is 4.18. The lowest BCUT2D eigenvalue weighted by Gasteiger charge is -2.46. The summed E-state index contributed by atoms with van der Waals surface area (Å²) in [5.74, 6) is 0. The second-order valence-electron chi connectivity index (χ2n) is 5.47. The smallest absolute Gasteiger partial charge is 0.292 e. The van der Waals surface area contributed by atoms with Crippen LogP contribution in [0.5, 0.6) is 0 Å². The molecule has 0 aliphatic carbocycles. The number of para-hydroxylation sites is 2. The summed E-state index contributed by atoms with van der Waals surface area (Å²) < 4.78 is 5.24. The van der Waals surface area contributed by atoms with Crippen molar-refractivity contribution < 1.29 is 9.66 Å². The number of hydrogen-bond donors (Lipinski definition) is 0. The third-order valence-corrected chi connectivity index (χ3v) is 4.18. The van der Waals surface area contributed by atoms with Gasteiger partial charge in [0.05, 0.1) is 24.2 Å². The van der Waals surface area contributed by atoms with Gasteiger partial charge in [-0.3, -0.25) is 15.0 Å². The summed E-state index contributed by atoms with van der Waals surface area (Å²) in [6, 6.07) is 7.80. The molecule has 0 radical (unpaired) electrons. The molecule has 108 valence electrons. The van der Waals surface area contributed by atoms with Crippen LogP contribution in [-0.4, -0.2) is 54.8 Å². The minimum atomic E-state index is -0.297. The first-order chi connectivity index (χ1) is 9.66. The van der Waals surface area contributed by atoms with Crippen molar-refractivity contribution in [2.45, 2.75) is 19.0 Å². The van der Waals surface area contributed by atoms with E-state index >= 15 is 0 Å². The van der Waals surface area contributed by atoms with Crippen LogP contribution in [0.3, 0.4) is 0 Å². The molecule has 2 aliphatic rings. The highest BCUT2D eigenvalue weighted by atomic mass is 16.6. The molecule has 2 saturated heterocycles. The average Bonchev–Trinajstić information content (AvgIpc) is 2.37. The van der Waals surface area contributed by atoms with Crippen molar-refractivity contribution >= 4 is 11.4 Å². The Hall–Kier alpha value is -1.66. The Balaban J connectivity index is 1.76. The lowest BCUT2D eigenvalue weighted by atomic mass is 10.1. The molecular weight excluding hydrogens is 258 g/mol. The molecule has 0 bridgehead atoms. The van der Waals surface area contributed by atoms with Gasteiger partial charge in [0.25, 0.3) is 5.69 Å². The molecule has 6 nitrogen and oxygen atoms in total. The van der Waals surface area contributed by atoms with Crippen LogP contribution in [-0.2, 0) is 4.74 Å². The molecular formula is C14H19N3O3. The van der Waals surface area contributed by atoms with E-state index < -0.39 is 0 Å². The molecule has 1 aromatic rings. The van der Waals surface area contributed by atoms with Crippen LogP contribution in [0.25, 0.3) is 0 Å². The Bertz CT molecular complexity index is 504. The number of nitro benzene ring substituents is 1. The van der Waals surface area contributed by atoms with E-state index in [0.717, 1.165) is 38.5 Å². The average molecular weight is 277 g/mol. The number of nitrogens with zero attached hydrogens (tertiary/aromatic N) is 3. The maximum Gasteiger partial charge on any atom is 0.292 e. The van der Waals surface area contributed by atoms with Crippen molar-refractivity contribution in [2.24, 2.45) is 0 Å². The minimum absolute atomic E-state index is 0.194. The van der Waals surface area contributed by atoms with Crippen LogP contribution >= 0.6 is 0 Å². The van der Waals surface area contributed by atoms with E-state index in [-0.39, 0.29) is 16.7 Å². The molecule has 0 aromatic heterocycles. The van der Waals surface area contributed by atoms with Gasteiger partial charge in [0.1, 0.15) is 5.69 Å². The zero-order valence-corrected chi connectivity index (χ0v) is 11.6. The third kappa shape index (κ3) is 2.36. The number of piperazine rings is 1. The topological polar surface area (TPSA) is 58.8 Å². The Morgan fingerprint density at radius 1 is 1.30 bits per heavy atom. The van der Waals surface area contributed by atoms with Crippen molar-refractivity contribution in [3.8, 4) is 0 Å². The summed E-state index contributed by atoms with van der Waals surface area (Å²) in [7, 11) is 0. The Kier molecular flexibility index (Phi) is 3.58. The number of benzene rings is 1. The van der Waals surface area contributed by atoms with E-state index in [1.807, 2.05) is 12.1 Å². The van der Waals surface area contributed by atoms with E-state index in [0.29, 0.717) is 6.04 Å². The molecule has 3 rings (SSSR count). The summed E-state index contributed by atoms with van der Waals surface area (Å²) >= 11 is 0. The normalized spacial score (nSPS) is 24.4. The molecule has 0 saturated carbocycles. The van der Waals surface area contributed by atoms with Crippen LogP contribution in [0.1, 0.15) is 6.92 Å². The van der Waals surface area contributed by atoms with Gasteiger partial charge in [0.15, 0.2) is 0 Å². The zero-order chi connectivity index (χ0) is 14.1. The Labute approximate surface area is 118 Å².